The van der Waals surface area contributed by atoms with Crippen LogP contribution in [0.4, 0.5) is 10.5 Å². The topological polar surface area (TPSA) is 140 Å². The fraction of sp³-hybridized carbons (Fsp3) is 0.519. The quantitative estimate of drug-likeness (QED) is 0.364. The van der Waals surface area contributed by atoms with Gasteiger partial charge in [0.1, 0.15) is 6.10 Å². The lowest BCUT2D eigenvalue weighted by Crippen LogP contribution is -2.51. The first-order valence-corrected chi connectivity index (χ1v) is 14.2. The second-order valence-corrected chi connectivity index (χ2v) is 12.0. The SMILES string of the molecule is [2H][C@]12OCC[C@H]1[C@@H](OC(=O)N[C@@H](Cc1ccccc1)[C@H](O)CN(CC(C)C)S(=O)(=O)c1ccc(N)cc1)CO2. The van der Waals surface area contributed by atoms with E-state index in [1.807, 2.05) is 44.2 Å². The lowest BCUT2D eigenvalue weighted by atomic mass is 10.0. The maximum Gasteiger partial charge on any atom is 0.407 e. The molecule has 2 aliphatic heterocycles. The van der Waals surface area contributed by atoms with Gasteiger partial charge in [0.15, 0.2) is 6.27 Å². The highest BCUT2D eigenvalue weighted by Crippen LogP contribution is 2.33. The van der Waals surface area contributed by atoms with Crippen LogP contribution in [0.25, 0.3) is 0 Å². The molecular formula is C27H37N3O7S. The molecule has 0 aromatic heterocycles. The van der Waals surface area contributed by atoms with Gasteiger partial charge in [-0.05, 0) is 48.6 Å². The molecule has 2 aliphatic rings. The molecule has 0 aliphatic carbocycles. The number of sulfonamides is 1. The van der Waals surface area contributed by atoms with Crippen LogP contribution in [-0.2, 0) is 30.7 Å². The summed E-state index contributed by atoms with van der Waals surface area (Å²) in [6.07, 6.45) is -3.44. The first-order valence-electron chi connectivity index (χ1n) is 13.3. The Kier molecular flexibility index (Phi) is 8.80. The van der Waals surface area contributed by atoms with Gasteiger partial charge in [-0.1, -0.05) is 44.2 Å². The van der Waals surface area contributed by atoms with Crippen LogP contribution < -0.4 is 11.1 Å². The van der Waals surface area contributed by atoms with Gasteiger partial charge in [-0.15, -0.1) is 0 Å². The van der Waals surface area contributed by atoms with Gasteiger partial charge >= 0.3 is 6.09 Å². The number of aliphatic hydroxyl groups is 1. The van der Waals surface area contributed by atoms with Crippen molar-refractivity contribution < 1.29 is 33.9 Å². The minimum atomic E-state index is -3.96. The van der Waals surface area contributed by atoms with E-state index >= 15 is 0 Å². The molecular weight excluding hydrogens is 510 g/mol. The Morgan fingerprint density at radius 3 is 2.58 bits per heavy atom. The fourth-order valence-corrected chi connectivity index (χ4v) is 6.29. The zero-order chi connectivity index (χ0) is 28.2. The summed E-state index contributed by atoms with van der Waals surface area (Å²) in [6, 6.07) is 14.3. The predicted molar refractivity (Wildman–Crippen MR) is 142 cm³/mol. The summed E-state index contributed by atoms with van der Waals surface area (Å²) < 4.78 is 52.8. The van der Waals surface area contributed by atoms with E-state index in [-0.39, 0.29) is 36.9 Å². The molecule has 0 spiro atoms. The molecule has 11 heteroatoms. The number of benzene rings is 2. The van der Waals surface area contributed by atoms with Crippen molar-refractivity contribution in [2.24, 2.45) is 11.8 Å². The van der Waals surface area contributed by atoms with E-state index in [2.05, 4.69) is 5.32 Å². The smallest absolute Gasteiger partial charge is 0.407 e. The van der Waals surface area contributed by atoms with E-state index in [1.54, 1.807) is 0 Å². The summed E-state index contributed by atoms with van der Waals surface area (Å²) in [4.78, 5) is 13.0. The summed E-state index contributed by atoms with van der Waals surface area (Å²) in [5.41, 5.74) is 7.02. The Balaban J connectivity index is 1.51. The average Bonchev–Trinajstić information content (AvgIpc) is 3.41. The fourth-order valence-electron chi connectivity index (χ4n) is 4.67. The molecule has 2 saturated heterocycles. The zero-order valence-electron chi connectivity index (χ0n) is 22.7. The highest BCUT2D eigenvalue weighted by Gasteiger charge is 2.44. The molecule has 2 aromatic rings. The van der Waals surface area contributed by atoms with Gasteiger partial charge < -0.3 is 30.4 Å². The number of nitrogen functional groups attached to an aromatic ring is 1. The molecule has 4 N–H and O–H groups in total. The van der Waals surface area contributed by atoms with E-state index < -0.39 is 46.6 Å². The van der Waals surface area contributed by atoms with Crippen molar-refractivity contribution in [1.29, 1.82) is 0 Å². The second-order valence-electron chi connectivity index (χ2n) is 10.1. The number of hydrogen-bond donors (Lipinski definition) is 3. The van der Waals surface area contributed by atoms with Crippen molar-refractivity contribution in [3.63, 3.8) is 0 Å². The molecule has 4 rings (SSSR count). The number of carbonyl (C=O) groups excluding carboxylic acids is 1. The third-order valence-electron chi connectivity index (χ3n) is 6.62. The Morgan fingerprint density at radius 1 is 1.18 bits per heavy atom. The Bertz CT molecular complexity index is 1220. The molecule has 0 bridgehead atoms. The number of anilines is 1. The lowest BCUT2D eigenvalue weighted by Gasteiger charge is -2.31. The van der Waals surface area contributed by atoms with Crippen molar-refractivity contribution in [2.75, 3.05) is 32.0 Å². The molecule has 0 unspecified atom stereocenters. The summed E-state index contributed by atoms with van der Waals surface area (Å²) in [5.74, 6) is -0.431. The van der Waals surface area contributed by atoms with Gasteiger partial charge in [0.05, 0.1) is 37.5 Å². The maximum absolute atomic E-state index is 13.5. The molecule has 2 heterocycles. The van der Waals surface area contributed by atoms with Crippen molar-refractivity contribution >= 4 is 21.8 Å². The van der Waals surface area contributed by atoms with Gasteiger partial charge in [0.2, 0.25) is 10.0 Å². The van der Waals surface area contributed by atoms with Crippen LogP contribution in [0.3, 0.4) is 0 Å². The van der Waals surface area contributed by atoms with Gasteiger partial charge in [-0.2, -0.15) is 4.31 Å². The van der Waals surface area contributed by atoms with Crippen LogP contribution in [0.2, 0.25) is 0 Å². The predicted octanol–water partition coefficient (Wildman–Crippen LogP) is 2.38. The van der Waals surface area contributed by atoms with E-state index in [0.29, 0.717) is 18.7 Å². The molecule has 2 aromatic carbocycles. The van der Waals surface area contributed by atoms with Crippen LogP contribution in [0.5, 0.6) is 0 Å². The number of fused-ring (bicyclic) bond motifs is 1. The summed E-state index contributed by atoms with van der Waals surface area (Å²) in [5, 5.41) is 14.1. The Morgan fingerprint density at radius 2 is 1.89 bits per heavy atom. The van der Waals surface area contributed by atoms with Crippen molar-refractivity contribution in [2.45, 2.75) is 56.1 Å². The molecule has 0 saturated carbocycles. The molecule has 5 atom stereocenters. The number of hydrogen-bond acceptors (Lipinski definition) is 8. The van der Waals surface area contributed by atoms with Gasteiger partial charge in [-0.3, -0.25) is 0 Å². The molecule has 0 radical (unpaired) electrons. The number of aliphatic hydroxyl groups excluding tert-OH is 1. The third-order valence-corrected chi connectivity index (χ3v) is 8.46. The molecule has 10 nitrogen and oxygen atoms in total. The third kappa shape index (κ3) is 7.03. The number of nitrogens with zero attached hydrogens (tertiary/aromatic N) is 1. The number of nitrogens with two attached hydrogens (primary N) is 1. The summed E-state index contributed by atoms with van der Waals surface area (Å²) >= 11 is 0. The van der Waals surface area contributed by atoms with Crippen LogP contribution in [0.1, 0.15) is 27.2 Å². The minimum absolute atomic E-state index is 0.0209. The highest BCUT2D eigenvalue weighted by atomic mass is 32.2. The number of nitrogens with one attached hydrogen (secondary N) is 1. The van der Waals surface area contributed by atoms with Crippen molar-refractivity contribution in [3.8, 4) is 0 Å². The van der Waals surface area contributed by atoms with E-state index in [9.17, 15) is 18.3 Å². The monoisotopic (exact) mass is 548 g/mol. The second kappa shape index (κ2) is 12.4. The van der Waals surface area contributed by atoms with E-state index in [0.717, 1.165) is 5.56 Å². The van der Waals surface area contributed by atoms with Gasteiger partial charge in [0, 0.05) is 18.8 Å². The standard InChI is InChI=1S/C27H37N3O7S/c1-18(2)15-30(38(33,34)21-10-8-20(28)9-11-21)16-24(31)23(14-19-6-4-3-5-7-19)29-27(32)37-25-17-36-26-22(25)12-13-35-26/h3-11,18,22-26,31H,12-17,28H2,1-2H3,(H,29,32)/t22-,23-,24+,25-,26+/m0/s1/i26D. The van der Waals surface area contributed by atoms with Crippen molar-refractivity contribution in [3.05, 3.63) is 60.2 Å². The lowest BCUT2D eigenvalue weighted by molar-refractivity contribution is -0.0907. The first-order chi connectivity index (χ1) is 18.5. The van der Waals surface area contributed by atoms with Gasteiger partial charge in [-0.25, -0.2) is 13.2 Å². The number of amides is 1. The number of alkyl carbamates (subject to hydrolysis) is 1. The summed E-state index contributed by atoms with van der Waals surface area (Å²) in [6.45, 7) is 4.07. The maximum atomic E-state index is 13.5. The normalized spacial score (nSPS) is 25.1. The molecule has 208 valence electrons. The Hall–Kier alpha value is -2.70. The highest BCUT2D eigenvalue weighted by molar-refractivity contribution is 7.89. The number of ether oxygens (including phenoxy) is 3. The molecule has 2 fully saturated rings. The van der Waals surface area contributed by atoms with Crippen LogP contribution in [0, 0.1) is 11.8 Å². The number of rotatable bonds is 11. The largest absolute Gasteiger partial charge is 0.443 e. The van der Waals surface area contributed by atoms with Gasteiger partial charge in [0.25, 0.3) is 0 Å². The summed E-state index contributed by atoms with van der Waals surface area (Å²) in [7, 11) is -3.96. The van der Waals surface area contributed by atoms with Crippen LogP contribution >= 0.6 is 0 Å². The zero-order valence-corrected chi connectivity index (χ0v) is 22.5. The first kappa shape index (κ1) is 26.9. The molecule has 1 amide bonds. The van der Waals surface area contributed by atoms with Crippen LogP contribution in [-0.4, -0.2) is 74.7 Å². The van der Waals surface area contributed by atoms with E-state index in [4.69, 9.17) is 21.3 Å². The molecule has 38 heavy (non-hydrogen) atoms. The van der Waals surface area contributed by atoms with E-state index in [1.165, 1.54) is 28.6 Å². The Labute approximate surface area is 225 Å². The van der Waals surface area contributed by atoms with Crippen LogP contribution in [0.15, 0.2) is 59.5 Å². The minimum Gasteiger partial charge on any atom is -0.443 e. The number of carbonyl (C=O) groups is 1. The van der Waals surface area contributed by atoms with Crippen molar-refractivity contribution in [1.82, 2.24) is 9.62 Å². The average molecular weight is 549 g/mol.